The third-order valence-electron chi connectivity index (χ3n) is 3.70. The van der Waals surface area contributed by atoms with Gasteiger partial charge in [0.1, 0.15) is 18.0 Å². The predicted octanol–water partition coefficient (Wildman–Crippen LogP) is 3.57. The van der Waals surface area contributed by atoms with Gasteiger partial charge in [-0.05, 0) is 36.4 Å². The van der Waals surface area contributed by atoms with E-state index >= 15 is 0 Å². The Morgan fingerprint density at radius 3 is 2.75 bits per heavy atom. The summed E-state index contributed by atoms with van der Waals surface area (Å²) in [6.45, 7) is 0.489. The summed E-state index contributed by atoms with van der Waals surface area (Å²) in [4.78, 5) is 8.35. The molecule has 0 saturated carbocycles. The Kier molecular flexibility index (Phi) is 3.63. The van der Waals surface area contributed by atoms with Crippen molar-refractivity contribution in [3.63, 3.8) is 0 Å². The van der Waals surface area contributed by atoms with Crippen molar-refractivity contribution in [2.45, 2.75) is 6.54 Å². The smallest absolute Gasteiger partial charge is 0.137 e. The number of hydrogen-bond acceptors (Lipinski definition) is 4. The van der Waals surface area contributed by atoms with Gasteiger partial charge < -0.3 is 5.32 Å². The molecular formula is C18H14FN5. The number of aromatic nitrogens is 4. The molecule has 1 N–H and O–H groups in total. The van der Waals surface area contributed by atoms with Crippen molar-refractivity contribution in [3.05, 3.63) is 78.6 Å². The summed E-state index contributed by atoms with van der Waals surface area (Å²) in [7, 11) is 0. The minimum Gasteiger partial charge on any atom is -0.364 e. The first kappa shape index (κ1) is 14.3. The topological polar surface area (TPSA) is 55.6 Å². The van der Waals surface area contributed by atoms with Crippen LogP contribution in [0.3, 0.4) is 0 Å². The van der Waals surface area contributed by atoms with Crippen LogP contribution in [0.1, 0.15) is 5.69 Å². The van der Waals surface area contributed by atoms with E-state index in [1.807, 2.05) is 47.3 Å². The van der Waals surface area contributed by atoms with Gasteiger partial charge in [-0.1, -0.05) is 18.2 Å². The number of fused-ring (bicyclic) bond motifs is 1. The first-order valence-electron chi connectivity index (χ1n) is 7.54. The maximum Gasteiger partial charge on any atom is 0.137 e. The third-order valence-corrected chi connectivity index (χ3v) is 3.70. The molecule has 2 heterocycles. The minimum absolute atomic E-state index is 0.311. The number of benzene rings is 2. The van der Waals surface area contributed by atoms with Crippen molar-refractivity contribution < 1.29 is 4.39 Å². The second kappa shape index (κ2) is 6.08. The highest BCUT2D eigenvalue weighted by Crippen LogP contribution is 2.20. The molecule has 0 bridgehead atoms. The lowest BCUT2D eigenvalue weighted by Gasteiger charge is -2.07. The van der Waals surface area contributed by atoms with Gasteiger partial charge in [0.2, 0.25) is 0 Å². The normalized spacial score (nSPS) is 10.9. The molecule has 6 heteroatoms. The van der Waals surface area contributed by atoms with Crippen molar-refractivity contribution in [3.8, 4) is 5.69 Å². The first-order valence-corrected chi connectivity index (χ1v) is 7.54. The van der Waals surface area contributed by atoms with E-state index in [9.17, 15) is 4.39 Å². The zero-order chi connectivity index (χ0) is 16.4. The number of hydrogen-bond donors (Lipinski definition) is 1. The zero-order valence-corrected chi connectivity index (χ0v) is 12.7. The SMILES string of the molecule is Fc1ccc2ncnc(NCc3ccn(-c4ccccc4)n3)c2c1. The van der Waals surface area contributed by atoms with Gasteiger partial charge in [-0.25, -0.2) is 19.0 Å². The highest BCUT2D eigenvalue weighted by Gasteiger charge is 2.06. The van der Waals surface area contributed by atoms with Crippen LogP contribution in [0.15, 0.2) is 67.1 Å². The number of nitrogens with one attached hydrogen (secondary N) is 1. The molecule has 0 radical (unpaired) electrons. The maximum atomic E-state index is 13.5. The minimum atomic E-state index is -0.311. The average molecular weight is 319 g/mol. The van der Waals surface area contributed by atoms with Crippen molar-refractivity contribution in [2.75, 3.05) is 5.32 Å². The molecule has 24 heavy (non-hydrogen) atoms. The average Bonchev–Trinajstić information content (AvgIpc) is 3.10. The number of rotatable bonds is 4. The van der Waals surface area contributed by atoms with Crippen molar-refractivity contribution >= 4 is 16.7 Å². The Hall–Kier alpha value is -3.28. The summed E-state index contributed by atoms with van der Waals surface area (Å²) >= 11 is 0. The fourth-order valence-corrected chi connectivity index (χ4v) is 2.52. The van der Waals surface area contributed by atoms with E-state index in [4.69, 9.17) is 0 Å². The van der Waals surface area contributed by atoms with Crippen LogP contribution in [0.4, 0.5) is 10.2 Å². The fraction of sp³-hybridized carbons (Fsp3) is 0.0556. The van der Waals surface area contributed by atoms with Crippen molar-refractivity contribution in [1.29, 1.82) is 0 Å². The summed E-state index contributed by atoms with van der Waals surface area (Å²) in [5.74, 6) is 0.280. The number of para-hydroxylation sites is 1. The summed E-state index contributed by atoms with van der Waals surface area (Å²) in [5.41, 5.74) is 2.56. The fourth-order valence-electron chi connectivity index (χ4n) is 2.52. The van der Waals surface area contributed by atoms with Crippen LogP contribution < -0.4 is 5.32 Å². The Morgan fingerprint density at radius 1 is 1.00 bits per heavy atom. The van der Waals surface area contributed by atoms with Gasteiger partial charge in [-0.15, -0.1) is 0 Å². The lowest BCUT2D eigenvalue weighted by atomic mass is 10.2. The van der Waals surface area contributed by atoms with Crippen LogP contribution in [0, 0.1) is 5.82 Å². The molecule has 4 aromatic rings. The van der Waals surface area contributed by atoms with E-state index in [1.165, 1.54) is 18.5 Å². The monoisotopic (exact) mass is 319 g/mol. The van der Waals surface area contributed by atoms with Crippen molar-refractivity contribution in [2.24, 2.45) is 0 Å². The predicted molar refractivity (Wildman–Crippen MR) is 90.4 cm³/mol. The first-order chi connectivity index (χ1) is 11.8. The molecular weight excluding hydrogens is 305 g/mol. The van der Waals surface area contributed by atoms with E-state index in [0.29, 0.717) is 23.3 Å². The molecule has 2 aromatic heterocycles. The van der Waals surface area contributed by atoms with Gasteiger partial charge in [-0.3, -0.25) is 0 Å². The lowest BCUT2D eigenvalue weighted by Crippen LogP contribution is -2.04. The molecule has 0 unspecified atom stereocenters. The molecule has 2 aromatic carbocycles. The Balaban J connectivity index is 1.56. The van der Waals surface area contributed by atoms with E-state index in [0.717, 1.165) is 11.4 Å². The number of halogens is 1. The van der Waals surface area contributed by atoms with Gasteiger partial charge >= 0.3 is 0 Å². The second-order valence-electron chi connectivity index (χ2n) is 5.32. The molecule has 4 rings (SSSR count). The van der Waals surface area contributed by atoms with Gasteiger partial charge in [-0.2, -0.15) is 5.10 Å². The highest BCUT2D eigenvalue weighted by atomic mass is 19.1. The molecule has 0 amide bonds. The standard InChI is InChI=1S/C18H14FN5/c19-13-6-7-17-16(10-13)18(22-12-21-17)20-11-14-8-9-24(23-14)15-4-2-1-3-5-15/h1-10,12H,11H2,(H,20,21,22). The van der Waals surface area contributed by atoms with Crippen LogP contribution >= 0.6 is 0 Å². The molecule has 0 saturated heterocycles. The Morgan fingerprint density at radius 2 is 1.88 bits per heavy atom. The molecule has 5 nitrogen and oxygen atoms in total. The van der Waals surface area contributed by atoms with Gasteiger partial charge in [0.05, 0.1) is 23.4 Å². The van der Waals surface area contributed by atoms with Gasteiger partial charge in [0, 0.05) is 11.6 Å². The molecule has 118 valence electrons. The number of anilines is 1. The van der Waals surface area contributed by atoms with E-state index in [1.54, 1.807) is 6.07 Å². The molecule has 0 fully saturated rings. The lowest BCUT2D eigenvalue weighted by molar-refractivity contribution is 0.629. The van der Waals surface area contributed by atoms with Gasteiger partial charge in [0.15, 0.2) is 0 Å². The van der Waals surface area contributed by atoms with E-state index in [2.05, 4.69) is 20.4 Å². The van der Waals surface area contributed by atoms with Crippen LogP contribution in [0.25, 0.3) is 16.6 Å². The second-order valence-corrected chi connectivity index (χ2v) is 5.32. The summed E-state index contributed by atoms with van der Waals surface area (Å²) in [6.07, 6.45) is 3.37. The Labute approximate surface area is 137 Å². The van der Waals surface area contributed by atoms with E-state index in [-0.39, 0.29) is 5.82 Å². The maximum absolute atomic E-state index is 13.5. The Bertz CT molecular complexity index is 981. The molecule has 0 aliphatic rings. The van der Waals surface area contributed by atoms with E-state index < -0.39 is 0 Å². The van der Waals surface area contributed by atoms with Crippen LogP contribution in [-0.4, -0.2) is 19.7 Å². The number of nitrogens with zero attached hydrogens (tertiary/aromatic N) is 4. The third kappa shape index (κ3) is 2.81. The van der Waals surface area contributed by atoms with Gasteiger partial charge in [0.25, 0.3) is 0 Å². The van der Waals surface area contributed by atoms with Crippen molar-refractivity contribution in [1.82, 2.24) is 19.7 Å². The zero-order valence-electron chi connectivity index (χ0n) is 12.7. The van der Waals surface area contributed by atoms with Crippen LogP contribution in [-0.2, 0) is 6.54 Å². The molecule has 0 aliphatic carbocycles. The highest BCUT2D eigenvalue weighted by molar-refractivity contribution is 5.88. The van der Waals surface area contributed by atoms with Crippen LogP contribution in [0.2, 0.25) is 0 Å². The quantitative estimate of drug-likeness (QED) is 0.625. The molecule has 0 aliphatic heterocycles. The summed E-state index contributed by atoms with van der Waals surface area (Å²) in [6, 6.07) is 16.3. The van der Waals surface area contributed by atoms with Crippen LogP contribution in [0.5, 0.6) is 0 Å². The summed E-state index contributed by atoms with van der Waals surface area (Å²) < 4.78 is 15.3. The largest absolute Gasteiger partial charge is 0.364 e. The molecule has 0 atom stereocenters. The summed E-state index contributed by atoms with van der Waals surface area (Å²) in [5, 5.41) is 8.38. The molecule has 0 spiro atoms.